The summed E-state index contributed by atoms with van der Waals surface area (Å²) in [5.41, 5.74) is 0. The van der Waals surface area contributed by atoms with E-state index in [0.717, 1.165) is 75.0 Å². The molecule has 0 aliphatic carbocycles. The van der Waals surface area contributed by atoms with E-state index in [1.165, 1.54) is 56.7 Å². The molecule has 348 valence electrons. The van der Waals surface area contributed by atoms with Crippen LogP contribution in [-0.4, -0.2) is 107 Å². The van der Waals surface area contributed by atoms with Gasteiger partial charge >= 0.3 is 26.2 Å². The van der Waals surface area contributed by atoms with Crippen molar-refractivity contribution in [2.45, 2.75) is 169 Å². The molecule has 2 fully saturated rings. The third-order valence-electron chi connectivity index (χ3n) is 10.8. The molecule has 2 rings (SSSR count). The smallest absolute Gasteiger partial charge is 0.487 e. The molecule has 0 radical (unpaired) electrons. The molecule has 16 heteroatoms. The predicted octanol–water partition coefficient (Wildman–Crippen LogP) is 11.5. The van der Waals surface area contributed by atoms with Crippen LogP contribution in [0, 0.1) is 23.7 Å². The van der Waals surface area contributed by atoms with E-state index in [-0.39, 0.29) is 11.8 Å². The Kier molecular flexibility index (Phi) is 31.3. The van der Waals surface area contributed by atoms with E-state index < -0.39 is 26.2 Å². The average Bonchev–Trinajstić information content (AvgIpc) is 3.42. The molecule has 0 saturated carbocycles. The lowest BCUT2D eigenvalue weighted by atomic mass is 10.1. The average molecular weight is 944 g/mol. The van der Waals surface area contributed by atoms with Crippen molar-refractivity contribution in [1.82, 2.24) is 0 Å². The number of hydrogen-bond donors (Lipinski definition) is 1. The molecular formula is C43H86O10S3Si3. The Morgan fingerprint density at radius 1 is 0.746 bits per heavy atom. The zero-order valence-corrected chi connectivity index (χ0v) is 43.9. The minimum Gasteiger partial charge on any atom is -0.487 e. The number of unbranched alkanes of at least 4 members (excludes halogenated alkanes) is 8. The minimum absolute atomic E-state index is 0.128. The van der Waals surface area contributed by atoms with Crippen LogP contribution < -0.4 is 0 Å². The Hall–Kier alpha value is 0.591. The van der Waals surface area contributed by atoms with Gasteiger partial charge in [-0.15, -0.1) is 0 Å². The monoisotopic (exact) mass is 942 g/mol. The number of carbonyl (C=O) groups excluding carboxylic acids is 1. The van der Waals surface area contributed by atoms with Crippen molar-refractivity contribution < 1.29 is 44.9 Å². The molecule has 2 saturated heterocycles. The number of hydrogen-bond acceptors (Lipinski definition) is 13. The Labute approximate surface area is 379 Å². The highest BCUT2D eigenvalue weighted by Gasteiger charge is 2.45. The van der Waals surface area contributed by atoms with Gasteiger partial charge in [-0.2, -0.15) is 12.6 Å². The van der Waals surface area contributed by atoms with Gasteiger partial charge < -0.3 is 40.1 Å². The SMILES string of the molecule is CCCCCCCC(=O)SCCC[Si]1(OCC(C)CO[Si](C)(CCCS)OCC(C)CO[Si]2(CCCOC(=S)CCCCCCC)OCCC(C)CO2)OCC(C)CO1. The second kappa shape index (κ2) is 33.1. The molecule has 0 aromatic rings. The molecule has 2 heterocycles. The lowest BCUT2D eigenvalue weighted by Crippen LogP contribution is -2.52. The van der Waals surface area contributed by atoms with E-state index in [1.807, 2.05) is 0 Å². The maximum Gasteiger partial charge on any atom is 0.501 e. The van der Waals surface area contributed by atoms with Crippen LogP contribution in [0.25, 0.3) is 0 Å². The molecule has 0 aromatic heterocycles. The van der Waals surface area contributed by atoms with Gasteiger partial charge in [-0.1, -0.05) is 105 Å². The topological polar surface area (TPSA) is 100 Å². The Morgan fingerprint density at radius 3 is 1.88 bits per heavy atom. The van der Waals surface area contributed by atoms with Gasteiger partial charge in [0.25, 0.3) is 0 Å². The highest BCUT2D eigenvalue weighted by Crippen LogP contribution is 2.28. The van der Waals surface area contributed by atoms with Crippen LogP contribution in [0.4, 0.5) is 0 Å². The molecule has 5 atom stereocenters. The van der Waals surface area contributed by atoms with Crippen LogP contribution in [0.1, 0.15) is 144 Å². The second-order valence-corrected chi connectivity index (χ2v) is 28.4. The second-order valence-electron chi connectivity index (χ2n) is 17.5. The van der Waals surface area contributed by atoms with Crippen molar-refractivity contribution in [1.29, 1.82) is 0 Å². The number of carbonyl (C=O) groups is 1. The van der Waals surface area contributed by atoms with Crippen molar-refractivity contribution in [3.05, 3.63) is 0 Å². The first-order valence-corrected chi connectivity index (χ1v) is 31.8. The van der Waals surface area contributed by atoms with Crippen molar-refractivity contribution in [3.8, 4) is 0 Å². The van der Waals surface area contributed by atoms with Crippen molar-refractivity contribution in [2.75, 3.05) is 71.0 Å². The van der Waals surface area contributed by atoms with Crippen LogP contribution in [0.5, 0.6) is 0 Å². The quantitative estimate of drug-likeness (QED) is 0.0283. The van der Waals surface area contributed by atoms with Gasteiger partial charge in [0.1, 0.15) is 0 Å². The molecule has 0 aromatic carbocycles. The summed E-state index contributed by atoms with van der Waals surface area (Å²) in [4.78, 5) is 12.4. The van der Waals surface area contributed by atoms with Gasteiger partial charge in [-0.05, 0) is 75.0 Å². The van der Waals surface area contributed by atoms with E-state index >= 15 is 0 Å². The molecule has 0 amide bonds. The van der Waals surface area contributed by atoms with Crippen LogP contribution in [-0.2, 0) is 44.9 Å². The van der Waals surface area contributed by atoms with Crippen molar-refractivity contribution in [2.24, 2.45) is 23.7 Å². The Morgan fingerprint density at radius 2 is 1.29 bits per heavy atom. The van der Waals surface area contributed by atoms with Gasteiger partial charge in [0.05, 0.1) is 6.61 Å². The number of ether oxygens (including phenoxy) is 1. The van der Waals surface area contributed by atoms with Crippen LogP contribution in [0.2, 0.25) is 24.7 Å². The fourth-order valence-electron chi connectivity index (χ4n) is 6.74. The molecule has 0 spiro atoms. The number of thioether (sulfide) groups is 1. The summed E-state index contributed by atoms with van der Waals surface area (Å²) in [6.45, 7) is 20.5. The van der Waals surface area contributed by atoms with Gasteiger partial charge in [0, 0.05) is 101 Å². The summed E-state index contributed by atoms with van der Waals surface area (Å²) in [7, 11) is -8.26. The number of rotatable bonds is 35. The Balaban J connectivity index is 1.84. The van der Waals surface area contributed by atoms with E-state index in [0.29, 0.717) is 93.9 Å². The standard InChI is InChI=1S/C43H86O10S3Si3/c1-8-10-12-14-16-21-42(44)56-27-20-30-59(52-36-41(6)37-53-59)51-35-40(5)33-48-57(7,28-19-26-54)47-32-39(4)34-50-58(46-25-23-38(3)31-49-58)29-18-24-45-43(55)22-17-15-13-11-9-2/h38-41,54H,8-37H2,1-7H3. The van der Waals surface area contributed by atoms with Crippen LogP contribution in [0.15, 0.2) is 0 Å². The van der Waals surface area contributed by atoms with Gasteiger partial charge in [-0.3, -0.25) is 4.79 Å². The summed E-state index contributed by atoms with van der Waals surface area (Å²) in [6, 6.07) is 2.29. The van der Waals surface area contributed by atoms with Crippen molar-refractivity contribution in [3.63, 3.8) is 0 Å². The molecule has 2 aliphatic heterocycles. The summed E-state index contributed by atoms with van der Waals surface area (Å²) in [5, 5.41) is 1.00. The first-order valence-electron chi connectivity index (χ1n) is 23.4. The largest absolute Gasteiger partial charge is 0.501 e. The molecular weight excluding hydrogens is 857 g/mol. The summed E-state index contributed by atoms with van der Waals surface area (Å²) < 4.78 is 58.0. The highest BCUT2D eigenvalue weighted by atomic mass is 32.2. The fraction of sp³-hybridized carbons (Fsp3) is 0.953. The van der Waals surface area contributed by atoms with Crippen LogP contribution >= 0.6 is 36.6 Å². The lowest BCUT2D eigenvalue weighted by molar-refractivity contribution is -0.111. The zero-order valence-electron chi connectivity index (χ0n) is 38.4. The van der Waals surface area contributed by atoms with E-state index in [9.17, 15) is 4.79 Å². The maximum absolute atomic E-state index is 12.4. The summed E-state index contributed by atoms with van der Waals surface area (Å²) >= 11 is 11.5. The molecule has 0 bridgehead atoms. The van der Waals surface area contributed by atoms with Gasteiger partial charge in [0.2, 0.25) is 0 Å². The molecule has 10 nitrogen and oxygen atoms in total. The lowest BCUT2D eigenvalue weighted by Gasteiger charge is -2.36. The summed E-state index contributed by atoms with van der Waals surface area (Å²) in [5.74, 6) is 2.59. The zero-order chi connectivity index (χ0) is 43.2. The van der Waals surface area contributed by atoms with Gasteiger partial charge in [-0.25, -0.2) is 0 Å². The highest BCUT2D eigenvalue weighted by molar-refractivity contribution is 8.13. The third-order valence-corrected chi connectivity index (χ3v) is 20.8. The van der Waals surface area contributed by atoms with E-state index in [2.05, 4.69) is 60.7 Å². The number of thiol groups is 1. The third kappa shape index (κ3) is 26.2. The fourth-order valence-corrected chi connectivity index (χ4v) is 16.6. The Bertz CT molecular complexity index is 1100. The minimum atomic E-state index is -2.89. The number of thiocarbonyl (C=S) groups is 1. The predicted molar refractivity (Wildman–Crippen MR) is 257 cm³/mol. The molecule has 0 N–H and O–H groups in total. The molecule has 2 aliphatic rings. The van der Waals surface area contributed by atoms with E-state index in [1.54, 1.807) is 0 Å². The molecule has 59 heavy (non-hydrogen) atoms. The maximum atomic E-state index is 12.4. The molecule has 5 unspecified atom stereocenters. The van der Waals surface area contributed by atoms with E-state index in [4.69, 9.17) is 52.4 Å². The van der Waals surface area contributed by atoms with Crippen LogP contribution in [0.3, 0.4) is 0 Å². The normalized spacial score (nSPS) is 24.6. The first kappa shape index (κ1) is 55.7. The first-order chi connectivity index (χ1) is 28.4. The van der Waals surface area contributed by atoms with Gasteiger partial charge in [0.15, 0.2) is 10.2 Å². The van der Waals surface area contributed by atoms with Crippen molar-refractivity contribution >= 4 is 72.9 Å². The summed E-state index contributed by atoms with van der Waals surface area (Å²) in [6.07, 6.45) is 16.9.